The molecule has 2 aromatic heterocycles. The van der Waals surface area contributed by atoms with Crippen LogP contribution in [0.1, 0.15) is 25.3 Å². The smallest absolute Gasteiger partial charge is 0.328 e. The van der Waals surface area contributed by atoms with Crippen molar-refractivity contribution in [2.24, 2.45) is 0 Å². The van der Waals surface area contributed by atoms with Crippen LogP contribution in [0.25, 0.3) is 43.6 Å². The van der Waals surface area contributed by atoms with Gasteiger partial charge in [-0.15, -0.1) is 0 Å². The minimum absolute atomic E-state index is 0.187. The molecular formula is C31H28N2O2. The lowest BCUT2D eigenvalue weighted by Gasteiger charge is -2.19. The van der Waals surface area contributed by atoms with Gasteiger partial charge in [0.05, 0.1) is 7.11 Å². The highest BCUT2D eigenvalue weighted by molar-refractivity contribution is 6.09. The largest absolute Gasteiger partial charge is 0.467 e. The van der Waals surface area contributed by atoms with Crippen molar-refractivity contribution >= 4 is 49.6 Å². The van der Waals surface area contributed by atoms with E-state index in [2.05, 4.69) is 94.1 Å². The molecule has 4 heteroatoms. The van der Waals surface area contributed by atoms with Gasteiger partial charge >= 0.3 is 5.97 Å². The van der Waals surface area contributed by atoms with E-state index < -0.39 is 0 Å². The summed E-state index contributed by atoms with van der Waals surface area (Å²) < 4.78 is 9.88. The van der Waals surface area contributed by atoms with Crippen LogP contribution in [-0.2, 0) is 16.1 Å². The van der Waals surface area contributed by atoms with Crippen molar-refractivity contribution in [2.45, 2.75) is 31.8 Å². The molecule has 2 heterocycles. The molecule has 6 rings (SSSR count). The second kappa shape index (κ2) is 8.95. The normalized spacial score (nSPS) is 12.6. The second-order valence-corrected chi connectivity index (χ2v) is 9.12. The molecule has 0 saturated heterocycles. The zero-order valence-corrected chi connectivity index (χ0v) is 19.9. The molecule has 0 spiro atoms. The number of hydrogen-bond donors (Lipinski definition) is 0. The van der Waals surface area contributed by atoms with Crippen LogP contribution in [0, 0.1) is 0 Å². The van der Waals surface area contributed by atoms with E-state index in [0.717, 1.165) is 36.8 Å². The van der Waals surface area contributed by atoms with E-state index in [9.17, 15) is 4.79 Å². The fourth-order valence-electron chi connectivity index (χ4n) is 5.63. The minimum Gasteiger partial charge on any atom is -0.467 e. The maximum absolute atomic E-state index is 13.0. The first-order valence-corrected chi connectivity index (χ1v) is 12.3. The first-order chi connectivity index (χ1) is 17.3. The summed E-state index contributed by atoms with van der Waals surface area (Å²) in [6.07, 6.45) is 2.63. The van der Waals surface area contributed by atoms with Gasteiger partial charge in [0.25, 0.3) is 0 Å². The van der Waals surface area contributed by atoms with Crippen molar-refractivity contribution in [2.75, 3.05) is 7.11 Å². The first kappa shape index (κ1) is 21.5. The van der Waals surface area contributed by atoms with Crippen LogP contribution >= 0.6 is 0 Å². The van der Waals surface area contributed by atoms with E-state index >= 15 is 0 Å². The summed E-state index contributed by atoms with van der Waals surface area (Å²) in [5.41, 5.74) is 4.68. The third-order valence-corrected chi connectivity index (χ3v) is 7.19. The summed E-state index contributed by atoms with van der Waals surface area (Å²) in [5.74, 6) is -0.187. The number of unbranched alkanes of at least 4 members (excludes halogenated alkanes) is 1. The van der Waals surface area contributed by atoms with Crippen LogP contribution < -0.4 is 0 Å². The van der Waals surface area contributed by atoms with Gasteiger partial charge in [0, 0.05) is 50.2 Å². The molecule has 1 atom stereocenters. The monoisotopic (exact) mass is 460 g/mol. The highest BCUT2D eigenvalue weighted by Crippen LogP contribution is 2.34. The quantitative estimate of drug-likeness (QED) is 0.183. The number of fused-ring (bicyclic) bond motifs is 6. The SMILES string of the molecule is COC(=O)C(CCCCn1c2ccccc2c2ccccc21)n1c2ccccc2c2ccccc21. The van der Waals surface area contributed by atoms with Crippen molar-refractivity contribution in [3.8, 4) is 0 Å². The Bertz CT molecular complexity index is 1570. The number of rotatable bonds is 7. The van der Waals surface area contributed by atoms with Crippen LogP contribution in [0.5, 0.6) is 0 Å². The molecule has 0 aliphatic carbocycles. The summed E-state index contributed by atoms with van der Waals surface area (Å²) in [6.45, 7) is 0.912. The summed E-state index contributed by atoms with van der Waals surface area (Å²) >= 11 is 0. The summed E-state index contributed by atoms with van der Waals surface area (Å²) in [4.78, 5) is 13.0. The lowest BCUT2D eigenvalue weighted by molar-refractivity contribution is -0.144. The van der Waals surface area contributed by atoms with Crippen molar-refractivity contribution in [3.05, 3.63) is 97.1 Å². The fraction of sp³-hybridized carbons (Fsp3) is 0.194. The predicted octanol–water partition coefficient (Wildman–Crippen LogP) is 7.49. The molecule has 0 aliphatic rings. The number of ether oxygens (including phenoxy) is 1. The first-order valence-electron chi connectivity index (χ1n) is 12.3. The number of carbonyl (C=O) groups is 1. The van der Waals surface area contributed by atoms with Gasteiger partial charge < -0.3 is 13.9 Å². The van der Waals surface area contributed by atoms with Crippen LogP contribution in [0.15, 0.2) is 97.1 Å². The lowest BCUT2D eigenvalue weighted by Crippen LogP contribution is -2.21. The van der Waals surface area contributed by atoms with Crippen molar-refractivity contribution < 1.29 is 9.53 Å². The third-order valence-electron chi connectivity index (χ3n) is 7.19. The van der Waals surface area contributed by atoms with Gasteiger partial charge in [0.15, 0.2) is 0 Å². The summed E-state index contributed by atoms with van der Waals surface area (Å²) in [7, 11) is 1.49. The maximum atomic E-state index is 13.0. The van der Waals surface area contributed by atoms with Crippen LogP contribution in [-0.4, -0.2) is 22.2 Å². The molecule has 4 nitrogen and oxygen atoms in total. The number of para-hydroxylation sites is 4. The number of hydrogen-bond acceptors (Lipinski definition) is 2. The standard InChI is InChI=1S/C31H28N2O2/c1-35-31(34)30(33-28-18-8-4-14-24(28)25-15-5-9-19-29(25)33)20-10-11-21-32-26-16-6-2-12-22(26)23-13-3-7-17-27(23)32/h2-9,12-19,30H,10-11,20-21H2,1H3. The molecule has 0 amide bonds. The highest BCUT2D eigenvalue weighted by Gasteiger charge is 2.25. The molecule has 0 fully saturated rings. The Labute approximate surface area is 204 Å². The average Bonchev–Trinajstić information content (AvgIpc) is 3.42. The number of carbonyl (C=O) groups excluding carboxylic acids is 1. The van der Waals surface area contributed by atoms with Crippen molar-refractivity contribution in [1.29, 1.82) is 0 Å². The van der Waals surface area contributed by atoms with Gasteiger partial charge in [-0.1, -0.05) is 72.8 Å². The minimum atomic E-state index is -0.358. The zero-order chi connectivity index (χ0) is 23.8. The van der Waals surface area contributed by atoms with Gasteiger partial charge in [0.1, 0.15) is 6.04 Å². The van der Waals surface area contributed by atoms with E-state index in [4.69, 9.17) is 4.74 Å². The molecule has 174 valence electrons. The summed E-state index contributed by atoms with van der Waals surface area (Å²) in [5, 5.41) is 4.92. The van der Waals surface area contributed by atoms with Gasteiger partial charge in [0.2, 0.25) is 0 Å². The van der Waals surface area contributed by atoms with Gasteiger partial charge in [-0.25, -0.2) is 4.79 Å². The molecule has 1 unspecified atom stereocenters. The molecule has 0 bridgehead atoms. The molecule has 4 aromatic carbocycles. The molecule has 0 aliphatic heterocycles. The maximum Gasteiger partial charge on any atom is 0.328 e. The van der Waals surface area contributed by atoms with Gasteiger partial charge in [-0.2, -0.15) is 0 Å². The van der Waals surface area contributed by atoms with Crippen LogP contribution in [0.4, 0.5) is 0 Å². The van der Waals surface area contributed by atoms with E-state index in [1.54, 1.807) is 0 Å². The fourth-order valence-corrected chi connectivity index (χ4v) is 5.63. The zero-order valence-electron chi connectivity index (χ0n) is 19.9. The Morgan fingerprint density at radius 2 is 1.09 bits per heavy atom. The Morgan fingerprint density at radius 3 is 1.57 bits per heavy atom. The molecular weight excluding hydrogens is 432 g/mol. The van der Waals surface area contributed by atoms with E-state index in [1.807, 2.05) is 12.1 Å². The number of benzene rings is 4. The average molecular weight is 461 g/mol. The second-order valence-electron chi connectivity index (χ2n) is 9.12. The molecule has 35 heavy (non-hydrogen) atoms. The number of aryl methyl sites for hydroxylation is 1. The van der Waals surface area contributed by atoms with E-state index in [1.165, 1.54) is 39.7 Å². The van der Waals surface area contributed by atoms with Gasteiger partial charge in [-0.05, 0) is 43.5 Å². The Balaban J connectivity index is 1.30. The topological polar surface area (TPSA) is 36.2 Å². The molecule has 0 N–H and O–H groups in total. The highest BCUT2D eigenvalue weighted by atomic mass is 16.5. The van der Waals surface area contributed by atoms with Crippen LogP contribution in [0.3, 0.4) is 0 Å². The molecule has 0 radical (unpaired) electrons. The van der Waals surface area contributed by atoms with Crippen molar-refractivity contribution in [1.82, 2.24) is 9.13 Å². The number of aromatic nitrogens is 2. The number of nitrogens with zero attached hydrogens (tertiary/aromatic N) is 2. The number of esters is 1. The molecule has 0 saturated carbocycles. The summed E-state index contributed by atoms with van der Waals surface area (Å²) in [6, 6.07) is 33.5. The van der Waals surface area contributed by atoms with E-state index in [0.29, 0.717) is 0 Å². The third kappa shape index (κ3) is 3.57. The van der Waals surface area contributed by atoms with E-state index in [-0.39, 0.29) is 12.0 Å². The number of methoxy groups -OCH3 is 1. The Kier molecular flexibility index (Phi) is 5.49. The Hall–Kier alpha value is -4.05. The Morgan fingerprint density at radius 1 is 0.657 bits per heavy atom. The van der Waals surface area contributed by atoms with Gasteiger partial charge in [-0.3, -0.25) is 0 Å². The van der Waals surface area contributed by atoms with Crippen LogP contribution in [0.2, 0.25) is 0 Å². The van der Waals surface area contributed by atoms with Crippen molar-refractivity contribution in [3.63, 3.8) is 0 Å². The lowest BCUT2D eigenvalue weighted by atomic mass is 10.1. The predicted molar refractivity (Wildman–Crippen MR) is 144 cm³/mol. The molecule has 6 aromatic rings.